The first kappa shape index (κ1) is 9.19. The van der Waals surface area contributed by atoms with E-state index in [0.29, 0.717) is 0 Å². The van der Waals surface area contributed by atoms with Crippen LogP contribution in [-0.2, 0) is 0 Å². The van der Waals surface area contributed by atoms with E-state index in [1.165, 1.54) is 11.3 Å². The summed E-state index contributed by atoms with van der Waals surface area (Å²) in [4.78, 5) is 4.33. The number of nitrogens with zero attached hydrogens (tertiary/aromatic N) is 2. The lowest BCUT2D eigenvalue weighted by Gasteiger charge is -2.10. The molecule has 2 rings (SSSR count). The molecule has 0 fully saturated rings. The van der Waals surface area contributed by atoms with Crippen molar-refractivity contribution in [1.82, 2.24) is 5.16 Å². The fourth-order valence-electron chi connectivity index (χ4n) is 1.76. The molecule has 74 valence electrons. The van der Waals surface area contributed by atoms with E-state index in [2.05, 4.69) is 17.1 Å². The molecule has 3 heteroatoms. The largest absolute Gasteiger partial charge is 0.361 e. The van der Waals surface area contributed by atoms with Gasteiger partial charge in [0.25, 0.3) is 0 Å². The molecule has 1 aromatic rings. The Kier molecular flexibility index (Phi) is 2.23. The van der Waals surface area contributed by atoms with Gasteiger partial charge >= 0.3 is 0 Å². The van der Waals surface area contributed by atoms with Gasteiger partial charge in [0.05, 0.1) is 5.69 Å². The predicted molar refractivity (Wildman–Crippen MR) is 56.3 cm³/mol. The summed E-state index contributed by atoms with van der Waals surface area (Å²) in [5, 5.41) is 3.95. The lowest BCUT2D eigenvalue weighted by atomic mass is 9.98. The van der Waals surface area contributed by atoms with Gasteiger partial charge in [-0.05, 0) is 39.2 Å². The van der Waals surface area contributed by atoms with E-state index >= 15 is 0 Å². The summed E-state index contributed by atoms with van der Waals surface area (Å²) in [6.45, 7) is 5.97. The minimum atomic E-state index is 0.892. The molecule has 0 aromatic carbocycles. The maximum atomic E-state index is 5.14. The van der Waals surface area contributed by atoms with Crippen molar-refractivity contribution < 1.29 is 4.52 Å². The number of hydrogen-bond donors (Lipinski definition) is 0. The Labute approximate surface area is 83.5 Å². The quantitative estimate of drug-likeness (QED) is 0.683. The van der Waals surface area contributed by atoms with Crippen molar-refractivity contribution in [3.8, 4) is 0 Å². The topological polar surface area (TPSA) is 38.4 Å². The third-order valence-electron chi connectivity index (χ3n) is 2.55. The average Bonchev–Trinajstić information content (AvgIpc) is 2.49. The van der Waals surface area contributed by atoms with Crippen molar-refractivity contribution in [2.24, 2.45) is 4.99 Å². The van der Waals surface area contributed by atoms with Crippen LogP contribution < -0.4 is 0 Å². The van der Waals surface area contributed by atoms with Crippen LogP contribution in [0.15, 0.2) is 15.7 Å². The highest BCUT2D eigenvalue weighted by molar-refractivity contribution is 5.87. The highest BCUT2D eigenvalue weighted by Crippen LogP contribution is 2.28. The molecule has 1 aliphatic rings. The molecule has 0 atom stereocenters. The lowest BCUT2D eigenvalue weighted by Crippen LogP contribution is -1.99. The molecule has 2 heterocycles. The van der Waals surface area contributed by atoms with Crippen LogP contribution in [0.4, 0.5) is 0 Å². The van der Waals surface area contributed by atoms with Crippen LogP contribution in [0.2, 0.25) is 0 Å². The number of hydrogen-bond acceptors (Lipinski definition) is 3. The van der Waals surface area contributed by atoms with Crippen molar-refractivity contribution in [1.29, 1.82) is 0 Å². The molecular formula is C11H14N2O. The van der Waals surface area contributed by atoms with Gasteiger partial charge in [-0.2, -0.15) is 0 Å². The SMILES string of the molecule is CC1=NC=C(c2c(C)noc2C)CC1. The molecule has 1 aliphatic heterocycles. The molecular weight excluding hydrogens is 176 g/mol. The summed E-state index contributed by atoms with van der Waals surface area (Å²) in [7, 11) is 0. The summed E-state index contributed by atoms with van der Waals surface area (Å²) >= 11 is 0. The smallest absolute Gasteiger partial charge is 0.141 e. The molecule has 0 saturated heterocycles. The third-order valence-corrected chi connectivity index (χ3v) is 2.55. The van der Waals surface area contributed by atoms with Gasteiger partial charge in [0.2, 0.25) is 0 Å². The summed E-state index contributed by atoms with van der Waals surface area (Å²) in [5.74, 6) is 0.892. The van der Waals surface area contributed by atoms with Crippen molar-refractivity contribution in [2.45, 2.75) is 33.6 Å². The number of aryl methyl sites for hydroxylation is 2. The van der Waals surface area contributed by atoms with Gasteiger partial charge in [-0.1, -0.05) is 5.16 Å². The van der Waals surface area contributed by atoms with Gasteiger partial charge in [-0.25, -0.2) is 0 Å². The highest BCUT2D eigenvalue weighted by atomic mass is 16.5. The van der Waals surface area contributed by atoms with Crippen molar-refractivity contribution in [3.05, 3.63) is 23.2 Å². The number of allylic oxidation sites excluding steroid dienone is 1. The van der Waals surface area contributed by atoms with Crippen molar-refractivity contribution >= 4 is 11.3 Å². The fourth-order valence-corrected chi connectivity index (χ4v) is 1.76. The Morgan fingerprint density at radius 3 is 2.50 bits per heavy atom. The zero-order valence-electron chi connectivity index (χ0n) is 8.79. The minimum Gasteiger partial charge on any atom is -0.361 e. The molecule has 1 aromatic heterocycles. The Balaban J connectivity index is 2.41. The van der Waals surface area contributed by atoms with Crippen LogP contribution in [0.25, 0.3) is 5.57 Å². The molecule has 0 N–H and O–H groups in total. The van der Waals surface area contributed by atoms with Crippen LogP contribution >= 0.6 is 0 Å². The molecule has 0 aliphatic carbocycles. The zero-order chi connectivity index (χ0) is 10.1. The summed E-state index contributed by atoms with van der Waals surface area (Å²) in [6, 6.07) is 0. The molecule has 3 nitrogen and oxygen atoms in total. The lowest BCUT2D eigenvalue weighted by molar-refractivity contribution is 0.393. The minimum absolute atomic E-state index is 0.892. The van der Waals surface area contributed by atoms with Gasteiger partial charge < -0.3 is 4.52 Å². The number of aromatic nitrogens is 1. The van der Waals surface area contributed by atoms with Crippen molar-refractivity contribution in [2.75, 3.05) is 0 Å². The second-order valence-electron chi connectivity index (χ2n) is 3.72. The van der Waals surface area contributed by atoms with E-state index in [1.807, 2.05) is 20.0 Å². The Hall–Kier alpha value is -1.38. The summed E-state index contributed by atoms with van der Waals surface area (Å²) in [6.07, 6.45) is 4.01. The molecule has 0 saturated carbocycles. The molecule has 14 heavy (non-hydrogen) atoms. The standard InChI is InChI=1S/C11H14N2O/c1-7-4-5-10(6-12-7)11-8(2)13-14-9(11)3/h6H,4-5H2,1-3H3. The molecule has 0 radical (unpaired) electrons. The first-order chi connectivity index (χ1) is 6.68. The van der Waals surface area contributed by atoms with Gasteiger partial charge in [0.15, 0.2) is 0 Å². The normalized spacial score (nSPS) is 16.5. The van der Waals surface area contributed by atoms with E-state index in [0.717, 1.165) is 29.9 Å². The van der Waals surface area contributed by atoms with Gasteiger partial charge in [-0.15, -0.1) is 0 Å². The van der Waals surface area contributed by atoms with E-state index in [1.54, 1.807) is 0 Å². The zero-order valence-corrected chi connectivity index (χ0v) is 8.79. The third kappa shape index (κ3) is 1.50. The maximum absolute atomic E-state index is 5.14. The summed E-state index contributed by atoms with van der Waals surface area (Å²) < 4.78 is 5.14. The first-order valence-electron chi connectivity index (χ1n) is 4.84. The molecule has 0 spiro atoms. The van der Waals surface area contributed by atoms with Crippen LogP contribution in [0, 0.1) is 13.8 Å². The average molecular weight is 190 g/mol. The molecule has 0 unspecified atom stereocenters. The maximum Gasteiger partial charge on any atom is 0.141 e. The van der Waals surface area contributed by atoms with Crippen molar-refractivity contribution in [3.63, 3.8) is 0 Å². The van der Waals surface area contributed by atoms with E-state index in [4.69, 9.17) is 4.52 Å². The van der Waals surface area contributed by atoms with Gasteiger partial charge in [-0.3, -0.25) is 4.99 Å². The van der Waals surface area contributed by atoms with Crippen LogP contribution in [0.3, 0.4) is 0 Å². The number of aliphatic imine (C=N–C) groups is 1. The highest BCUT2D eigenvalue weighted by Gasteiger charge is 2.15. The number of rotatable bonds is 1. The summed E-state index contributed by atoms with van der Waals surface area (Å²) in [5.41, 5.74) is 4.54. The van der Waals surface area contributed by atoms with Gasteiger partial charge in [0.1, 0.15) is 5.76 Å². The van der Waals surface area contributed by atoms with E-state index in [9.17, 15) is 0 Å². The van der Waals surface area contributed by atoms with Crippen LogP contribution in [0.1, 0.15) is 36.8 Å². The second-order valence-corrected chi connectivity index (χ2v) is 3.72. The Morgan fingerprint density at radius 1 is 1.21 bits per heavy atom. The van der Waals surface area contributed by atoms with E-state index < -0.39 is 0 Å². The monoisotopic (exact) mass is 190 g/mol. The first-order valence-corrected chi connectivity index (χ1v) is 4.84. The van der Waals surface area contributed by atoms with E-state index in [-0.39, 0.29) is 0 Å². The molecule has 0 bridgehead atoms. The van der Waals surface area contributed by atoms with Crippen LogP contribution in [0.5, 0.6) is 0 Å². The van der Waals surface area contributed by atoms with Crippen LogP contribution in [-0.4, -0.2) is 10.9 Å². The predicted octanol–water partition coefficient (Wildman–Crippen LogP) is 2.89. The Morgan fingerprint density at radius 2 is 2.00 bits per heavy atom. The van der Waals surface area contributed by atoms with Gasteiger partial charge in [0, 0.05) is 17.5 Å². The fraction of sp³-hybridized carbons (Fsp3) is 0.455. The Bertz CT molecular complexity index is 393. The second kappa shape index (κ2) is 3.40. The molecule has 0 amide bonds.